The van der Waals surface area contributed by atoms with Gasteiger partial charge < -0.3 is 10.4 Å². The second kappa shape index (κ2) is 5.52. The molecule has 0 fully saturated rings. The van der Waals surface area contributed by atoms with Gasteiger partial charge in [0, 0.05) is 17.5 Å². The highest BCUT2D eigenvalue weighted by molar-refractivity contribution is 5.94. The average molecular weight is 256 g/mol. The lowest BCUT2D eigenvalue weighted by Crippen LogP contribution is -2.26. The van der Waals surface area contributed by atoms with E-state index < -0.39 is 0 Å². The van der Waals surface area contributed by atoms with Gasteiger partial charge in [-0.1, -0.05) is 12.1 Å². The van der Waals surface area contributed by atoms with Gasteiger partial charge >= 0.3 is 0 Å². The fraction of sp³-hybridized carbons (Fsp3) is 0.200. The second-order valence-corrected chi connectivity index (χ2v) is 4.48. The number of pyridine rings is 1. The minimum absolute atomic E-state index is 0.0808. The molecular weight excluding hydrogens is 240 g/mol. The number of carbonyl (C=O) groups is 1. The Bertz CT molecular complexity index is 579. The van der Waals surface area contributed by atoms with Crippen LogP contribution in [0.1, 0.15) is 34.6 Å². The van der Waals surface area contributed by atoms with Crippen molar-refractivity contribution in [1.29, 1.82) is 0 Å². The number of aromatic nitrogens is 1. The number of hydrogen-bond donors (Lipinski definition) is 2. The fourth-order valence-corrected chi connectivity index (χ4v) is 1.75. The summed E-state index contributed by atoms with van der Waals surface area (Å²) in [6, 6.07) is 9.99. The maximum absolute atomic E-state index is 12.0. The summed E-state index contributed by atoms with van der Waals surface area (Å²) in [5.41, 5.74) is 2.32. The van der Waals surface area contributed by atoms with Gasteiger partial charge in [0.1, 0.15) is 5.75 Å². The van der Waals surface area contributed by atoms with Gasteiger partial charge in [-0.25, -0.2) is 0 Å². The number of nitrogens with one attached hydrogen (secondary N) is 1. The molecule has 1 aromatic heterocycles. The van der Waals surface area contributed by atoms with Crippen LogP contribution in [0.4, 0.5) is 0 Å². The molecule has 0 aliphatic heterocycles. The normalized spacial score (nSPS) is 11.9. The fourth-order valence-electron chi connectivity index (χ4n) is 1.75. The van der Waals surface area contributed by atoms with Crippen LogP contribution >= 0.6 is 0 Å². The van der Waals surface area contributed by atoms with Crippen molar-refractivity contribution in [3.8, 4) is 5.75 Å². The molecule has 0 bridgehead atoms. The molecule has 1 unspecified atom stereocenters. The minimum Gasteiger partial charge on any atom is -0.508 e. The molecule has 1 aromatic carbocycles. The van der Waals surface area contributed by atoms with Crippen LogP contribution in [0.15, 0.2) is 42.6 Å². The van der Waals surface area contributed by atoms with E-state index >= 15 is 0 Å². The van der Waals surface area contributed by atoms with E-state index in [0.717, 1.165) is 11.3 Å². The van der Waals surface area contributed by atoms with Crippen LogP contribution in [0, 0.1) is 6.92 Å². The highest BCUT2D eigenvalue weighted by Gasteiger charge is 2.11. The summed E-state index contributed by atoms with van der Waals surface area (Å²) in [6.07, 6.45) is 1.75. The van der Waals surface area contributed by atoms with E-state index in [2.05, 4.69) is 10.3 Å². The molecule has 98 valence electrons. The Kier molecular flexibility index (Phi) is 3.80. The lowest BCUT2D eigenvalue weighted by atomic mass is 10.1. The van der Waals surface area contributed by atoms with Crippen molar-refractivity contribution in [2.75, 3.05) is 0 Å². The maximum atomic E-state index is 12.0. The number of phenols is 1. The van der Waals surface area contributed by atoms with Gasteiger partial charge in [-0.05, 0) is 43.7 Å². The monoisotopic (exact) mass is 256 g/mol. The first-order chi connectivity index (χ1) is 9.06. The topological polar surface area (TPSA) is 62.2 Å². The second-order valence-electron chi connectivity index (χ2n) is 4.48. The lowest BCUT2D eigenvalue weighted by Gasteiger charge is -2.14. The van der Waals surface area contributed by atoms with Gasteiger partial charge in [0.15, 0.2) is 0 Å². The first-order valence-electron chi connectivity index (χ1n) is 6.08. The van der Waals surface area contributed by atoms with Crippen LogP contribution in [-0.4, -0.2) is 16.0 Å². The molecule has 19 heavy (non-hydrogen) atoms. The zero-order chi connectivity index (χ0) is 13.8. The maximum Gasteiger partial charge on any atom is 0.251 e. The molecule has 0 spiro atoms. The summed E-state index contributed by atoms with van der Waals surface area (Å²) in [5, 5.41) is 12.2. The van der Waals surface area contributed by atoms with Crippen molar-refractivity contribution in [3.63, 3.8) is 0 Å². The molecule has 1 heterocycles. The van der Waals surface area contributed by atoms with E-state index in [9.17, 15) is 9.90 Å². The van der Waals surface area contributed by atoms with E-state index in [4.69, 9.17) is 0 Å². The zero-order valence-electron chi connectivity index (χ0n) is 10.9. The standard InChI is InChI=1S/C15H16N2O2/c1-10-6-7-13(9-16-10)11(2)17-15(19)12-4-3-5-14(18)8-12/h3-9,11,18H,1-2H3,(H,17,19). The highest BCUT2D eigenvalue weighted by atomic mass is 16.3. The summed E-state index contributed by atoms with van der Waals surface area (Å²) in [6.45, 7) is 3.81. The van der Waals surface area contributed by atoms with Crippen molar-refractivity contribution < 1.29 is 9.90 Å². The van der Waals surface area contributed by atoms with Crippen molar-refractivity contribution in [1.82, 2.24) is 10.3 Å². The number of hydrogen-bond acceptors (Lipinski definition) is 3. The smallest absolute Gasteiger partial charge is 0.251 e. The summed E-state index contributed by atoms with van der Waals surface area (Å²) in [5.74, 6) is -0.138. The Morgan fingerprint density at radius 2 is 2.11 bits per heavy atom. The van der Waals surface area contributed by atoms with Crippen molar-refractivity contribution in [2.45, 2.75) is 19.9 Å². The van der Waals surface area contributed by atoms with Gasteiger partial charge in [-0.2, -0.15) is 0 Å². The van der Waals surface area contributed by atoms with E-state index in [1.54, 1.807) is 18.3 Å². The molecule has 0 saturated carbocycles. The Morgan fingerprint density at radius 3 is 2.74 bits per heavy atom. The van der Waals surface area contributed by atoms with Crippen molar-refractivity contribution in [2.24, 2.45) is 0 Å². The molecular formula is C15H16N2O2. The molecule has 4 heteroatoms. The number of phenolic OH excluding ortho intramolecular Hbond substituents is 1. The van der Waals surface area contributed by atoms with E-state index in [1.807, 2.05) is 26.0 Å². The quantitative estimate of drug-likeness (QED) is 0.887. The van der Waals surface area contributed by atoms with E-state index in [-0.39, 0.29) is 17.7 Å². The largest absolute Gasteiger partial charge is 0.508 e. The Balaban J connectivity index is 2.08. The highest BCUT2D eigenvalue weighted by Crippen LogP contribution is 2.14. The SMILES string of the molecule is Cc1ccc(C(C)NC(=O)c2cccc(O)c2)cn1. The third-order valence-corrected chi connectivity index (χ3v) is 2.89. The van der Waals surface area contributed by atoms with E-state index in [1.165, 1.54) is 12.1 Å². The van der Waals surface area contributed by atoms with Crippen LogP contribution in [0.25, 0.3) is 0 Å². The van der Waals surface area contributed by atoms with Crippen molar-refractivity contribution >= 4 is 5.91 Å². The van der Waals surface area contributed by atoms with Gasteiger partial charge in [0.2, 0.25) is 0 Å². The predicted molar refractivity (Wildman–Crippen MR) is 73.0 cm³/mol. The number of benzene rings is 1. The average Bonchev–Trinajstić information content (AvgIpc) is 2.39. The molecule has 1 amide bonds. The minimum atomic E-state index is -0.219. The number of carbonyl (C=O) groups excluding carboxylic acids is 1. The number of aryl methyl sites for hydroxylation is 1. The number of amides is 1. The van der Waals surface area contributed by atoms with Gasteiger partial charge in [-0.15, -0.1) is 0 Å². The molecule has 4 nitrogen and oxygen atoms in total. The van der Waals surface area contributed by atoms with Gasteiger partial charge in [0.25, 0.3) is 5.91 Å². The van der Waals surface area contributed by atoms with Crippen LogP contribution in [0.2, 0.25) is 0 Å². The number of rotatable bonds is 3. The van der Waals surface area contributed by atoms with Crippen LogP contribution in [-0.2, 0) is 0 Å². The Morgan fingerprint density at radius 1 is 1.32 bits per heavy atom. The van der Waals surface area contributed by atoms with Gasteiger partial charge in [0.05, 0.1) is 6.04 Å². The third kappa shape index (κ3) is 3.31. The first-order valence-corrected chi connectivity index (χ1v) is 6.08. The molecule has 0 aliphatic rings. The molecule has 1 atom stereocenters. The van der Waals surface area contributed by atoms with Gasteiger partial charge in [-0.3, -0.25) is 9.78 Å². The molecule has 0 radical (unpaired) electrons. The third-order valence-electron chi connectivity index (χ3n) is 2.89. The summed E-state index contributed by atoms with van der Waals surface area (Å²) < 4.78 is 0. The van der Waals surface area contributed by atoms with Crippen LogP contribution < -0.4 is 5.32 Å². The Labute approximate surface area is 112 Å². The number of nitrogens with zero attached hydrogens (tertiary/aromatic N) is 1. The summed E-state index contributed by atoms with van der Waals surface area (Å²) in [7, 11) is 0. The summed E-state index contributed by atoms with van der Waals surface area (Å²) >= 11 is 0. The van der Waals surface area contributed by atoms with Crippen molar-refractivity contribution in [3.05, 3.63) is 59.4 Å². The zero-order valence-corrected chi connectivity index (χ0v) is 10.9. The predicted octanol–water partition coefficient (Wildman–Crippen LogP) is 2.59. The lowest BCUT2D eigenvalue weighted by molar-refractivity contribution is 0.0939. The first kappa shape index (κ1) is 13.1. The molecule has 2 rings (SSSR count). The van der Waals surface area contributed by atoms with E-state index in [0.29, 0.717) is 5.56 Å². The molecule has 0 aliphatic carbocycles. The number of aromatic hydroxyl groups is 1. The Hall–Kier alpha value is -2.36. The molecule has 2 aromatic rings. The summed E-state index contributed by atoms with van der Waals surface area (Å²) in [4.78, 5) is 16.2. The van der Waals surface area contributed by atoms with Crippen LogP contribution in [0.5, 0.6) is 5.75 Å². The molecule has 0 saturated heterocycles. The van der Waals surface area contributed by atoms with Crippen LogP contribution in [0.3, 0.4) is 0 Å². The molecule has 2 N–H and O–H groups in total.